The Morgan fingerprint density at radius 3 is 1.56 bits per heavy atom. The maximum Gasteiger partial charge on any atom is 0.385 e. The summed E-state index contributed by atoms with van der Waals surface area (Å²) in [6.45, 7) is 0.418. The van der Waals surface area contributed by atoms with Gasteiger partial charge in [-0.3, -0.25) is 0 Å². The van der Waals surface area contributed by atoms with E-state index in [1.54, 1.807) is 0 Å². The van der Waals surface area contributed by atoms with Crippen molar-refractivity contribution in [2.24, 2.45) is 5.92 Å². The Morgan fingerprint density at radius 2 is 1.22 bits per heavy atom. The number of carboxylic acids is 1. The highest BCUT2D eigenvalue weighted by atomic mass is 19.4. The predicted molar refractivity (Wildman–Crippen MR) is 77.1 cm³/mol. The number of rotatable bonds is 11. The molecule has 0 aromatic carbocycles. The van der Waals surface area contributed by atoms with Crippen molar-refractivity contribution in [3.05, 3.63) is 12.2 Å². The summed E-state index contributed by atoms with van der Waals surface area (Å²) in [4.78, 5) is 21.5. The van der Waals surface area contributed by atoms with Crippen LogP contribution in [0, 0.1) is 5.92 Å². The molecule has 1 N–H and O–H groups in total. The fraction of sp³-hybridized carbons (Fsp3) is 0.733. The van der Waals surface area contributed by atoms with E-state index in [4.69, 9.17) is 5.11 Å². The van der Waals surface area contributed by atoms with E-state index in [0.717, 1.165) is 0 Å². The van der Waals surface area contributed by atoms with Gasteiger partial charge in [0.25, 0.3) is 6.43 Å². The van der Waals surface area contributed by atoms with Crippen molar-refractivity contribution in [3.8, 4) is 0 Å². The molecule has 4 nitrogen and oxygen atoms in total. The first kappa shape index (κ1) is 29.8. The van der Waals surface area contributed by atoms with Crippen LogP contribution in [0.3, 0.4) is 0 Å². The van der Waals surface area contributed by atoms with E-state index in [2.05, 4.69) is 4.74 Å². The number of carbonyl (C=O) groups excluding carboxylic acids is 1. The van der Waals surface area contributed by atoms with Gasteiger partial charge >= 0.3 is 41.5 Å². The van der Waals surface area contributed by atoms with Gasteiger partial charge in [0.2, 0.25) is 6.17 Å². The van der Waals surface area contributed by atoms with Crippen LogP contribution in [0.5, 0.6) is 0 Å². The Kier molecular flexibility index (Phi) is 8.68. The van der Waals surface area contributed by atoms with Crippen LogP contribution in [0.15, 0.2) is 12.2 Å². The van der Waals surface area contributed by atoms with E-state index in [-0.39, 0.29) is 26.0 Å². The van der Waals surface area contributed by atoms with E-state index in [9.17, 15) is 66.7 Å². The monoisotopic (exact) mass is 504 g/mol. The van der Waals surface area contributed by atoms with Crippen molar-refractivity contribution in [3.63, 3.8) is 0 Å². The van der Waals surface area contributed by atoms with Crippen molar-refractivity contribution < 1.29 is 76.5 Å². The third kappa shape index (κ3) is 4.89. The summed E-state index contributed by atoms with van der Waals surface area (Å²) in [6, 6.07) is 0. The van der Waals surface area contributed by atoms with Crippen molar-refractivity contribution in [1.82, 2.24) is 0 Å². The Hall–Kier alpha value is -2.23. The summed E-state index contributed by atoms with van der Waals surface area (Å²) in [5.74, 6) is -42.5. The Balaban J connectivity index is 6.51. The maximum atomic E-state index is 14.6. The quantitative estimate of drug-likeness (QED) is 0.245. The highest BCUT2D eigenvalue weighted by Gasteiger charge is 2.88. The number of esters is 1. The second-order valence-corrected chi connectivity index (χ2v) is 6.42. The number of carboxylic acid groups (broad SMARTS) is 1. The lowest BCUT2D eigenvalue weighted by atomic mass is 9.86. The zero-order valence-electron chi connectivity index (χ0n) is 15.5. The number of hydrogen-bond donors (Lipinski definition) is 1. The number of hydrogen-bond acceptors (Lipinski definition) is 3. The van der Waals surface area contributed by atoms with Gasteiger partial charge in [-0.25, -0.2) is 27.2 Å². The number of ether oxygens (including phenoxy) is 1. The van der Waals surface area contributed by atoms with Crippen LogP contribution in [0.25, 0.3) is 0 Å². The maximum absolute atomic E-state index is 14.6. The standard InChI is InChI=1S/C15H13F13O4/c1-5(2)12(22,32-7(31)4-3-6(29)30)14(25,26)15(27,28)13(23,24)11(20,21)9(17)8(16)10(18)19/h3-5,8-10H,1-2H3,(H,29,30). The van der Waals surface area contributed by atoms with Crippen LogP contribution in [-0.4, -0.2) is 65.4 Å². The van der Waals surface area contributed by atoms with Crippen LogP contribution >= 0.6 is 0 Å². The lowest BCUT2D eigenvalue weighted by Gasteiger charge is -2.43. The van der Waals surface area contributed by atoms with E-state index in [1.165, 1.54) is 0 Å². The minimum Gasteiger partial charge on any atom is -0.478 e. The minimum atomic E-state index is -7.72. The summed E-state index contributed by atoms with van der Waals surface area (Å²) in [5.41, 5.74) is 0. The Labute approximate surface area is 170 Å². The largest absolute Gasteiger partial charge is 0.478 e. The first-order chi connectivity index (χ1) is 14.0. The number of aliphatic carboxylic acids is 1. The van der Waals surface area contributed by atoms with Crippen LogP contribution in [-0.2, 0) is 14.3 Å². The van der Waals surface area contributed by atoms with E-state index >= 15 is 0 Å². The lowest BCUT2D eigenvalue weighted by Crippen LogP contribution is -2.72. The third-order valence-corrected chi connectivity index (χ3v) is 3.86. The molecule has 3 unspecified atom stereocenters. The summed E-state index contributed by atoms with van der Waals surface area (Å²) in [6.07, 6.45) is -15.6. The molecule has 0 radical (unpaired) electrons. The second-order valence-electron chi connectivity index (χ2n) is 6.42. The van der Waals surface area contributed by atoms with Gasteiger partial charge < -0.3 is 9.84 Å². The van der Waals surface area contributed by atoms with E-state index in [1.807, 2.05) is 0 Å². The fourth-order valence-corrected chi connectivity index (χ4v) is 1.99. The van der Waals surface area contributed by atoms with E-state index < -0.39 is 66.2 Å². The van der Waals surface area contributed by atoms with E-state index in [0.29, 0.717) is 0 Å². The highest BCUT2D eigenvalue weighted by molar-refractivity contribution is 5.90. The molecule has 0 spiro atoms. The molecule has 0 heterocycles. The van der Waals surface area contributed by atoms with Crippen LogP contribution < -0.4 is 0 Å². The summed E-state index contributed by atoms with van der Waals surface area (Å²) < 4.78 is 178. The molecule has 0 saturated heterocycles. The van der Waals surface area contributed by atoms with Gasteiger partial charge in [-0.1, -0.05) is 13.8 Å². The normalized spacial score (nSPS) is 18.0. The number of halogens is 13. The van der Waals surface area contributed by atoms with Crippen molar-refractivity contribution >= 4 is 11.9 Å². The molecule has 3 atom stereocenters. The molecular formula is C15H13F13O4. The summed E-state index contributed by atoms with van der Waals surface area (Å²) in [7, 11) is 0. The molecule has 32 heavy (non-hydrogen) atoms. The number of carbonyl (C=O) groups is 2. The Bertz CT molecular complexity index is 722. The minimum absolute atomic E-state index is 0.193. The molecule has 0 aliphatic rings. The van der Waals surface area contributed by atoms with Gasteiger partial charge in [-0.2, -0.15) is 39.5 Å². The highest BCUT2D eigenvalue weighted by Crippen LogP contribution is 2.59. The molecule has 0 aliphatic carbocycles. The molecule has 0 fully saturated rings. The molecule has 0 rings (SSSR count). The third-order valence-electron chi connectivity index (χ3n) is 3.86. The smallest absolute Gasteiger partial charge is 0.385 e. The SMILES string of the molecule is CC(C)C(F)(OC(=O)C=CC(=O)O)C(F)(F)C(F)(F)C(F)(F)C(F)(F)C(F)C(F)C(F)F. The molecule has 0 aliphatic heterocycles. The number of alkyl halides is 13. The Morgan fingerprint density at radius 1 is 0.781 bits per heavy atom. The molecule has 0 amide bonds. The van der Waals surface area contributed by atoms with Crippen LogP contribution in [0.4, 0.5) is 57.1 Å². The molecule has 0 aromatic heterocycles. The topological polar surface area (TPSA) is 63.6 Å². The van der Waals surface area contributed by atoms with Crippen molar-refractivity contribution in [2.75, 3.05) is 0 Å². The van der Waals surface area contributed by atoms with Gasteiger partial charge in [-0.15, -0.1) is 0 Å². The molecule has 17 heteroatoms. The zero-order valence-corrected chi connectivity index (χ0v) is 15.5. The fourth-order valence-electron chi connectivity index (χ4n) is 1.99. The predicted octanol–water partition coefficient (Wildman–Crippen LogP) is 4.97. The zero-order chi connectivity index (χ0) is 26.1. The van der Waals surface area contributed by atoms with Crippen LogP contribution in [0.2, 0.25) is 0 Å². The molecular weight excluding hydrogens is 491 g/mol. The average molecular weight is 504 g/mol. The van der Waals surface area contributed by atoms with Crippen molar-refractivity contribution in [2.45, 2.75) is 62.2 Å². The van der Waals surface area contributed by atoms with Crippen molar-refractivity contribution in [1.29, 1.82) is 0 Å². The summed E-state index contributed by atoms with van der Waals surface area (Å²) in [5, 5.41) is 8.23. The second kappa shape index (κ2) is 9.33. The first-order valence-electron chi connectivity index (χ1n) is 7.92. The van der Waals surface area contributed by atoms with Gasteiger partial charge in [0.1, 0.15) is 0 Å². The van der Waals surface area contributed by atoms with Gasteiger partial charge in [-0.05, 0) is 0 Å². The van der Waals surface area contributed by atoms with Gasteiger partial charge in [0.05, 0.1) is 0 Å². The van der Waals surface area contributed by atoms with Gasteiger partial charge in [0.15, 0.2) is 6.17 Å². The van der Waals surface area contributed by atoms with Crippen LogP contribution in [0.1, 0.15) is 13.8 Å². The molecule has 0 bridgehead atoms. The first-order valence-corrected chi connectivity index (χ1v) is 7.92. The van der Waals surface area contributed by atoms with Gasteiger partial charge in [0, 0.05) is 18.1 Å². The molecule has 0 aromatic rings. The average Bonchev–Trinajstić information content (AvgIpc) is 2.63. The molecule has 188 valence electrons. The lowest BCUT2D eigenvalue weighted by molar-refractivity contribution is -0.424. The summed E-state index contributed by atoms with van der Waals surface area (Å²) >= 11 is 0. The molecule has 0 saturated carbocycles.